The van der Waals surface area contributed by atoms with E-state index in [2.05, 4.69) is 4.74 Å². The van der Waals surface area contributed by atoms with Gasteiger partial charge in [0.2, 0.25) is 0 Å². The number of hydrogen-bond donors (Lipinski definition) is 0. The Morgan fingerprint density at radius 1 is 1.80 bits per heavy atom. The summed E-state index contributed by atoms with van der Waals surface area (Å²) < 4.78 is 46.4. The molecule has 0 aromatic rings. The molecule has 0 rings (SSSR count). The van der Waals surface area contributed by atoms with E-state index in [9.17, 15) is 4.79 Å². The van der Waals surface area contributed by atoms with E-state index in [1.165, 1.54) is 0 Å². The third kappa shape index (κ3) is 5.31. The minimum atomic E-state index is -2.74. The third-order valence-corrected chi connectivity index (χ3v) is 0.743. The van der Waals surface area contributed by atoms with Gasteiger partial charge in [-0.15, -0.1) is 0 Å². The van der Waals surface area contributed by atoms with Crippen LogP contribution < -0.4 is 0 Å². The summed E-state index contributed by atoms with van der Waals surface area (Å²) in [6.45, 7) is -5.88. The summed E-state index contributed by atoms with van der Waals surface area (Å²) in [6, 6.07) is 0. The second-order valence-electron chi connectivity index (χ2n) is 1.54. The van der Waals surface area contributed by atoms with Gasteiger partial charge in [-0.1, -0.05) is 6.08 Å². The molecule has 0 spiro atoms. The summed E-state index contributed by atoms with van der Waals surface area (Å²) in [4.78, 5) is 11.0. The molecule has 0 bridgehead atoms. The van der Waals surface area contributed by atoms with Gasteiger partial charge in [-0.25, -0.2) is 4.79 Å². The fourth-order valence-corrected chi connectivity index (χ4v) is 0.322. The van der Waals surface area contributed by atoms with E-state index in [4.69, 9.17) is 8.22 Å². The van der Waals surface area contributed by atoms with Gasteiger partial charge >= 0.3 is 5.97 Å². The lowest BCUT2D eigenvalue weighted by molar-refractivity contribution is -0.134. The first-order valence-corrected chi connectivity index (χ1v) is 2.61. The van der Waals surface area contributed by atoms with E-state index >= 15 is 0 Å². The van der Waals surface area contributed by atoms with Gasteiger partial charge in [-0.3, -0.25) is 0 Å². The molecule has 0 aliphatic carbocycles. The maximum atomic E-state index is 10.7. The molecule has 0 saturated carbocycles. The molecule has 0 aromatic carbocycles. The molecule has 0 saturated heterocycles. The summed E-state index contributed by atoms with van der Waals surface area (Å²) in [5.74, 6) is -0.670. The Morgan fingerprint density at radius 2 is 2.50 bits per heavy atom. The number of carbonyl (C=O) groups is 1. The Bertz CT molecular complexity index is 255. The first-order valence-electron chi connectivity index (χ1n) is 5.61. The molecular formula is C7H13NO2. The number of ether oxygens (including phenoxy) is 1. The van der Waals surface area contributed by atoms with Crippen LogP contribution in [0.25, 0.3) is 0 Å². The van der Waals surface area contributed by atoms with Crippen molar-refractivity contribution in [2.24, 2.45) is 0 Å². The van der Waals surface area contributed by atoms with Crippen molar-refractivity contribution in [2.45, 2.75) is 0 Å². The lowest BCUT2D eigenvalue weighted by Crippen LogP contribution is -2.11. The Kier molecular flexibility index (Phi) is 1.52. The average molecular weight is 149 g/mol. The van der Waals surface area contributed by atoms with Crippen LogP contribution in [0.4, 0.5) is 0 Å². The summed E-state index contributed by atoms with van der Waals surface area (Å²) >= 11 is 0. The predicted octanol–water partition coefficient (Wildman–Crippen LogP) is 0.277. The van der Waals surface area contributed by atoms with Crippen molar-refractivity contribution in [3.05, 3.63) is 12.2 Å². The fourth-order valence-electron chi connectivity index (χ4n) is 0.322. The van der Waals surface area contributed by atoms with Crippen molar-refractivity contribution in [1.29, 1.82) is 0 Å². The van der Waals surface area contributed by atoms with Crippen molar-refractivity contribution in [1.82, 2.24) is 4.90 Å². The number of rotatable bonds is 3. The summed E-state index contributed by atoms with van der Waals surface area (Å²) in [5, 5.41) is 0. The molecule has 3 nitrogen and oxygen atoms in total. The second-order valence-corrected chi connectivity index (χ2v) is 1.54. The summed E-state index contributed by atoms with van der Waals surface area (Å²) in [6.07, 6.45) is 2.11. The first kappa shape index (κ1) is 3.05. The normalized spacial score (nSPS) is 22.2. The molecule has 0 aromatic heterocycles. The highest BCUT2D eigenvalue weighted by atomic mass is 16.5. The highest BCUT2D eigenvalue weighted by Crippen LogP contribution is 1.79. The van der Waals surface area contributed by atoms with Crippen LogP contribution in [0.2, 0.25) is 0 Å². The maximum Gasteiger partial charge on any atom is 0.330 e. The number of carbonyl (C=O) groups excluding carboxylic acids is 1. The molecule has 0 N–H and O–H groups in total. The monoisotopic (exact) mass is 149 g/mol. The van der Waals surface area contributed by atoms with Crippen molar-refractivity contribution in [3.63, 3.8) is 0 Å². The average Bonchev–Trinajstić information content (AvgIpc) is 2.07. The summed E-state index contributed by atoms with van der Waals surface area (Å²) in [5.41, 5.74) is 0. The van der Waals surface area contributed by atoms with E-state index in [0.717, 1.165) is 19.3 Å². The standard InChI is InChI=1S/C7H13NO2/c1-8(2)6-4-5-7(9)10-3/h4-5H,6H2,1-3H3/i1D3,2D3. The van der Waals surface area contributed by atoms with Crippen molar-refractivity contribution < 1.29 is 17.8 Å². The molecule has 3 heteroatoms. The molecule has 10 heavy (non-hydrogen) atoms. The SMILES string of the molecule is [2H]C([2H])([2H])N(CC=CC(=O)OC)C([2H])([2H])[2H]. The van der Waals surface area contributed by atoms with Gasteiger partial charge in [0, 0.05) is 20.8 Å². The quantitative estimate of drug-likeness (QED) is 0.426. The third-order valence-electron chi connectivity index (χ3n) is 0.743. The topological polar surface area (TPSA) is 29.5 Å². The summed E-state index contributed by atoms with van der Waals surface area (Å²) in [7, 11) is 1.16. The molecule has 0 aliphatic rings. The maximum absolute atomic E-state index is 10.7. The van der Waals surface area contributed by atoms with Gasteiger partial charge in [0.25, 0.3) is 0 Å². The minimum absolute atomic E-state index is 0.333. The zero-order valence-electron chi connectivity index (χ0n) is 11.6. The van der Waals surface area contributed by atoms with Crippen molar-refractivity contribution in [3.8, 4) is 0 Å². The molecule has 0 radical (unpaired) electrons. The number of nitrogens with zero attached hydrogens (tertiary/aromatic N) is 1. The highest BCUT2D eigenvalue weighted by Gasteiger charge is 1.89. The second kappa shape index (κ2) is 4.99. The fraction of sp³-hybridized carbons (Fsp3) is 0.571. The van der Waals surface area contributed by atoms with Gasteiger partial charge in [-0.2, -0.15) is 0 Å². The van der Waals surface area contributed by atoms with Gasteiger partial charge in [0.05, 0.1) is 7.11 Å². The molecular weight excluding hydrogens is 130 g/mol. The zero-order chi connectivity index (χ0) is 13.0. The van der Waals surface area contributed by atoms with E-state index in [1.54, 1.807) is 0 Å². The molecule has 58 valence electrons. The number of esters is 1. The van der Waals surface area contributed by atoms with Crippen LogP contribution in [-0.4, -0.2) is 38.5 Å². The zero-order valence-corrected chi connectivity index (χ0v) is 5.63. The lowest BCUT2D eigenvalue weighted by Gasteiger charge is -2.02. The number of likely N-dealkylation sites (N-methyl/N-ethyl adjacent to an activating group) is 1. The van der Waals surface area contributed by atoms with E-state index in [1.807, 2.05) is 0 Å². The predicted molar refractivity (Wildman–Crippen MR) is 39.7 cm³/mol. The largest absolute Gasteiger partial charge is 0.466 e. The minimum Gasteiger partial charge on any atom is -0.466 e. The van der Waals surface area contributed by atoms with Gasteiger partial charge in [0.1, 0.15) is 0 Å². The van der Waals surface area contributed by atoms with Gasteiger partial charge in [0.15, 0.2) is 0 Å². The Hall–Kier alpha value is -0.830. The van der Waals surface area contributed by atoms with Crippen LogP contribution in [0.1, 0.15) is 8.22 Å². The highest BCUT2D eigenvalue weighted by molar-refractivity contribution is 5.81. The molecule has 0 amide bonds. The molecule has 0 fully saturated rings. The molecule has 0 aliphatic heterocycles. The number of methoxy groups -OCH3 is 1. The Balaban J connectivity index is 4.60. The van der Waals surface area contributed by atoms with Crippen LogP contribution in [0.3, 0.4) is 0 Å². The van der Waals surface area contributed by atoms with Gasteiger partial charge in [-0.05, 0) is 14.0 Å². The van der Waals surface area contributed by atoms with Crippen LogP contribution in [-0.2, 0) is 9.53 Å². The van der Waals surface area contributed by atoms with E-state index in [-0.39, 0.29) is 6.54 Å². The first-order chi connectivity index (χ1) is 7.09. The Labute approximate surface area is 69.7 Å². The van der Waals surface area contributed by atoms with Crippen molar-refractivity contribution in [2.75, 3.05) is 27.6 Å². The molecule has 0 heterocycles. The van der Waals surface area contributed by atoms with E-state index in [0.29, 0.717) is 4.90 Å². The van der Waals surface area contributed by atoms with Crippen molar-refractivity contribution >= 4 is 5.97 Å². The van der Waals surface area contributed by atoms with Gasteiger partial charge < -0.3 is 9.64 Å². The van der Waals surface area contributed by atoms with Crippen LogP contribution in [0.5, 0.6) is 0 Å². The van der Waals surface area contributed by atoms with Crippen LogP contribution in [0, 0.1) is 0 Å². The lowest BCUT2D eigenvalue weighted by atomic mass is 10.5. The Morgan fingerprint density at radius 3 is 3.00 bits per heavy atom. The molecule has 0 unspecified atom stereocenters. The molecule has 0 atom stereocenters. The number of hydrogen-bond acceptors (Lipinski definition) is 3. The van der Waals surface area contributed by atoms with Crippen LogP contribution in [0.15, 0.2) is 12.2 Å². The van der Waals surface area contributed by atoms with E-state index < -0.39 is 19.9 Å². The smallest absolute Gasteiger partial charge is 0.330 e. The van der Waals surface area contributed by atoms with Crippen LogP contribution >= 0.6 is 0 Å².